The number of carbonyl (C=O) groups is 2. The second-order valence-corrected chi connectivity index (χ2v) is 8.37. The Morgan fingerprint density at radius 1 is 1.34 bits per heavy atom. The number of likely N-dealkylation sites (N-methyl/N-ethyl adjacent to an activating group) is 1. The summed E-state index contributed by atoms with van der Waals surface area (Å²) in [4.78, 5) is 39.5. The molecule has 2 aliphatic heterocycles. The smallest absolute Gasteiger partial charge is 0.331 e. The highest BCUT2D eigenvalue weighted by Gasteiger charge is 2.33. The molecule has 8 nitrogen and oxygen atoms in total. The molecule has 3 amide bonds. The molecule has 0 saturated carbocycles. The van der Waals surface area contributed by atoms with Gasteiger partial charge in [0.25, 0.3) is 5.91 Å². The Balaban J connectivity index is 1.54. The topological polar surface area (TPSA) is 90.5 Å². The number of pyridine rings is 2. The van der Waals surface area contributed by atoms with Crippen molar-refractivity contribution in [1.29, 1.82) is 0 Å². The van der Waals surface area contributed by atoms with Gasteiger partial charge in [-0.25, -0.2) is 9.78 Å². The lowest BCUT2D eigenvalue weighted by atomic mass is 10.1. The summed E-state index contributed by atoms with van der Waals surface area (Å²) in [5.41, 5.74) is 1.90. The fraction of sp³-hybridized carbons (Fsp3) is 0.300. The van der Waals surface area contributed by atoms with E-state index in [0.717, 1.165) is 36.1 Å². The molecule has 2 aliphatic rings. The molecule has 29 heavy (non-hydrogen) atoms. The van der Waals surface area contributed by atoms with Crippen LogP contribution in [0.5, 0.6) is 0 Å². The summed E-state index contributed by atoms with van der Waals surface area (Å²) in [7, 11) is 2.06. The molecule has 1 atom stereocenters. The third kappa shape index (κ3) is 3.12. The van der Waals surface area contributed by atoms with Gasteiger partial charge in [0.1, 0.15) is 9.71 Å². The van der Waals surface area contributed by atoms with Crippen molar-refractivity contribution in [2.45, 2.75) is 18.9 Å². The van der Waals surface area contributed by atoms with Crippen LogP contribution >= 0.6 is 11.3 Å². The van der Waals surface area contributed by atoms with Crippen LogP contribution in [0.25, 0.3) is 10.2 Å². The highest BCUT2D eigenvalue weighted by molar-refractivity contribution is 7.21. The fourth-order valence-corrected chi connectivity index (χ4v) is 5.04. The summed E-state index contributed by atoms with van der Waals surface area (Å²) in [6, 6.07) is 5.19. The Labute approximate surface area is 171 Å². The summed E-state index contributed by atoms with van der Waals surface area (Å²) < 4.78 is 0. The van der Waals surface area contributed by atoms with Crippen molar-refractivity contribution in [2.75, 3.05) is 30.4 Å². The van der Waals surface area contributed by atoms with E-state index in [1.54, 1.807) is 35.6 Å². The molecule has 5 rings (SSSR count). The average Bonchev–Trinajstić information content (AvgIpc) is 3.09. The van der Waals surface area contributed by atoms with Gasteiger partial charge in [-0.15, -0.1) is 11.3 Å². The first-order valence-corrected chi connectivity index (χ1v) is 10.4. The molecule has 9 heteroatoms. The maximum absolute atomic E-state index is 13.0. The molecule has 0 aromatic carbocycles. The standard InChI is InChI=1S/C20H20N6O2S/c1-25-9-3-4-12(11-25)23-18(27)17-16-15-14(6-8-22-19(15)29-17)26(20(28)24-16)13-5-2-7-21-10-13/h2,5-8,10,12H,3-4,9,11H2,1H3,(H,23,27)(H,24,28). The van der Waals surface area contributed by atoms with E-state index in [0.29, 0.717) is 21.9 Å². The van der Waals surface area contributed by atoms with Gasteiger partial charge in [0.05, 0.1) is 28.6 Å². The number of aromatic nitrogens is 2. The molecular formula is C20H20N6O2S. The first kappa shape index (κ1) is 18.0. The molecule has 1 fully saturated rings. The van der Waals surface area contributed by atoms with Crippen LogP contribution in [0.1, 0.15) is 22.5 Å². The SMILES string of the molecule is CN1CCCC(NC(=O)c2sc3nccc4c3c2NC(=O)N4c2cccnc2)C1. The van der Waals surface area contributed by atoms with E-state index in [-0.39, 0.29) is 18.0 Å². The van der Waals surface area contributed by atoms with Gasteiger partial charge in [-0.05, 0) is 44.6 Å². The number of amides is 3. The summed E-state index contributed by atoms with van der Waals surface area (Å²) in [5.74, 6) is -0.163. The lowest BCUT2D eigenvalue weighted by molar-refractivity contribution is 0.0917. The summed E-state index contributed by atoms with van der Waals surface area (Å²) in [6.45, 7) is 1.88. The van der Waals surface area contributed by atoms with Crippen molar-refractivity contribution in [3.63, 3.8) is 0 Å². The van der Waals surface area contributed by atoms with Crippen LogP contribution in [0.15, 0.2) is 36.8 Å². The largest absolute Gasteiger partial charge is 0.347 e. The second kappa shape index (κ2) is 7.09. The highest BCUT2D eigenvalue weighted by atomic mass is 32.1. The number of rotatable bonds is 3. The van der Waals surface area contributed by atoms with Crippen LogP contribution in [0.4, 0.5) is 21.9 Å². The van der Waals surface area contributed by atoms with E-state index < -0.39 is 0 Å². The Hall–Kier alpha value is -3.04. The van der Waals surface area contributed by atoms with Crippen LogP contribution in [0.3, 0.4) is 0 Å². The third-order valence-corrected chi connectivity index (χ3v) is 6.41. The van der Waals surface area contributed by atoms with Crippen LogP contribution in [0.2, 0.25) is 0 Å². The molecule has 3 aromatic heterocycles. The van der Waals surface area contributed by atoms with E-state index in [9.17, 15) is 9.59 Å². The number of nitrogens with one attached hydrogen (secondary N) is 2. The van der Waals surface area contributed by atoms with E-state index in [1.165, 1.54) is 11.3 Å². The zero-order chi connectivity index (χ0) is 20.0. The number of likely N-dealkylation sites (tertiary alicyclic amines) is 1. The Bertz CT molecular complexity index is 1100. The number of thiophene rings is 1. The minimum Gasteiger partial charge on any atom is -0.347 e. The van der Waals surface area contributed by atoms with Gasteiger partial charge in [0, 0.05) is 25.0 Å². The Kier molecular flexibility index (Phi) is 4.40. The van der Waals surface area contributed by atoms with Crippen molar-refractivity contribution in [3.05, 3.63) is 41.7 Å². The Morgan fingerprint density at radius 3 is 3.03 bits per heavy atom. The molecule has 0 radical (unpaired) electrons. The maximum atomic E-state index is 13.0. The summed E-state index contributed by atoms with van der Waals surface area (Å²) in [5, 5.41) is 6.82. The third-order valence-electron chi connectivity index (χ3n) is 5.32. The number of hydrogen-bond donors (Lipinski definition) is 2. The quantitative estimate of drug-likeness (QED) is 0.695. The van der Waals surface area contributed by atoms with Gasteiger partial charge in [-0.2, -0.15) is 0 Å². The molecule has 2 N–H and O–H groups in total. The molecule has 1 saturated heterocycles. The number of urea groups is 1. The number of anilines is 3. The van der Waals surface area contributed by atoms with Crippen molar-refractivity contribution in [3.8, 4) is 0 Å². The lowest BCUT2D eigenvalue weighted by Gasteiger charge is -2.30. The van der Waals surface area contributed by atoms with Crippen molar-refractivity contribution in [2.24, 2.45) is 0 Å². The zero-order valence-corrected chi connectivity index (χ0v) is 16.7. The summed E-state index contributed by atoms with van der Waals surface area (Å²) in [6.07, 6.45) is 6.98. The fourth-order valence-electron chi connectivity index (χ4n) is 4.02. The van der Waals surface area contributed by atoms with Gasteiger partial charge in [-0.3, -0.25) is 14.7 Å². The lowest BCUT2D eigenvalue weighted by Crippen LogP contribution is -2.46. The summed E-state index contributed by atoms with van der Waals surface area (Å²) >= 11 is 1.31. The molecule has 0 spiro atoms. The Morgan fingerprint density at radius 2 is 2.24 bits per heavy atom. The van der Waals surface area contributed by atoms with Crippen molar-refractivity contribution >= 4 is 50.6 Å². The first-order valence-electron chi connectivity index (χ1n) is 9.54. The van der Waals surface area contributed by atoms with E-state index >= 15 is 0 Å². The average molecular weight is 408 g/mol. The minimum atomic E-state index is -0.317. The second-order valence-electron chi connectivity index (χ2n) is 7.37. The van der Waals surface area contributed by atoms with E-state index in [1.807, 2.05) is 6.07 Å². The highest BCUT2D eigenvalue weighted by Crippen LogP contribution is 2.45. The van der Waals surface area contributed by atoms with Gasteiger partial charge >= 0.3 is 6.03 Å². The molecule has 0 aliphatic carbocycles. The molecular weight excluding hydrogens is 388 g/mol. The zero-order valence-electron chi connectivity index (χ0n) is 15.9. The molecule has 148 valence electrons. The molecule has 3 aromatic rings. The predicted molar refractivity (Wildman–Crippen MR) is 113 cm³/mol. The van der Waals surface area contributed by atoms with Crippen LogP contribution < -0.4 is 15.5 Å². The molecule has 5 heterocycles. The van der Waals surface area contributed by atoms with Crippen LogP contribution in [0, 0.1) is 0 Å². The van der Waals surface area contributed by atoms with Crippen molar-refractivity contribution in [1.82, 2.24) is 20.2 Å². The van der Waals surface area contributed by atoms with Crippen LogP contribution in [-0.2, 0) is 0 Å². The van der Waals surface area contributed by atoms with Gasteiger partial charge < -0.3 is 15.5 Å². The molecule has 1 unspecified atom stereocenters. The maximum Gasteiger partial charge on any atom is 0.331 e. The number of carbonyl (C=O) groups excluding carboxylic acids is 2. The van der Waals surface area contributed by atoms with E-state index in [2.05, 4.69) is 32.5 Å². The predicted octanol–water partition coefficient (Wildman–Crippen LogP) is 3.20. The van der Waals surface area contributed by atoms with Gasteiger partial charge in [0.15, 0.2) is 0 Å². The number of nitrogens with zero attached hydrogens (tertiary/aromatic N) is 4. The van der Waals surface area contributed by atoms with Crippen molar-refractivity contribution < 1.29 is 9.59 Å². The van der Waals surface area contributed by atoms with Gasteiger partial charge in [0.2, 0.25) is 0 Å². The number of hydrogen-bond acceptors (Lipinski definition) is 6. The first-order chi connectivity index (χ1) is 14.1. The van der Waals surface area contributed by atoms with Crippen LogP contribution in [-0.4, -0.2) is 53.0 Å². The number of piperidine rings is 1. The van der Waals surface area contributed by atoms with Gasteiger partial charge in [-0.1, -0.05) is 0 Å². The monoisotopic (exact) mass is 408 g/mol. The minimum absolute atomic E-state index is 0.109. The normalized spacial score (nSPS) is 19.3. The van der Waals surface area contributed by atoms with E-state index in [4.69, 9.17) is 0 Å². The molecule has 0 bridgehead atoms.